The first-order chi connectivity index (χ1) is 12.1. The summed E-state index contributed by atoms with van der Waals surface area (Å²) in [4.78, 5) is 23.9. The molecule has 3 N–H and O–H groups in total. The fourth-order valence-electron chi connectivity index (χ4n) is 1.80. The van der Waals surface area contributed by atoms with Crippen molar-refractivity contribution in [1.82, 2.24) is 20.8 Å². The van der Waals surface area contributed by atoms with Crippen molar-refractivity contribution < 1.29 is 9.59 Å². The van der Waals surface area contributed by atoms with Gasteiger partial charge in [0.25, 0.3) is 0 Å². The predicted octanol–water partition coefficient (Wildman–Crippen LogP) is 2.87. The Kier molecular flexibility index (Phi) is 7.68. The van der Waals surface area contributed by atoms with Crippen LogP contribution in [0.5, 0.6) is 0 Å². The van der Waals surface area contributed by atoms with Gasteiger partial charge in [0, 0.05) is 13.1 Å². The maximum Gasteiger partial charge on any atom is 0.321 e. The van der Waals surface area contributed by atoms with Crippen LogP contribution < -0.4 is 16.0 Å². The summed E-state index contributed by atoms with van der Waals surface area (Å²) < 4.78 is 0.686. The number of imide groups is 1. The van der Waals surface area contributed by atoms with Crippen molar-refractivity contribution in [1.29, 1.82) is 0 Å². The highest BCUT2D eigenvalue weighted by Crippen LogP contribution is 2.28. The van der Waals surface area contributed by atoms with Gasteiger partial charge in [-0.05, 0) is 18.9 Å². The maximum absolute atomic E-state index is 12.1. The van der Waals surface area contributed by atoms with Gasteiger partial charge in [0.2, 0.25) is 11.0 Å². The highest BCUT2D eigenvalue weighted by molar-refractivity contribution is 8.02. The normalized spacial score (nSPS) is 11.6. The number of aromatic nitrogens is 2. The third kappa shape index (κ3) is 6.71. The van der Waals surface area contributed by atoms with Crippen LogP contribution in [0.3, 0.4) is 0 Å². The molecule has 0 aliphatic carbocycles. The summed E-state index contributed by atoms with van der Waals surface area (Å²) in [5.41, 5.74) is 0.966. The van der Waals surface area contributed by atoms with Crippen molar-refractivity contribution in [3.05, 3.63) is 35.9 Å². The molecule has 134 valence electrons. The van der Waals surface area contributed by atoms with Gasteiger partial charge in [-0.2, -0.15) is 0 Å². The monoisotopic (exact) mass is 379 g/mol. The Morgan fingerprint density at radius 3 is 2.72 bits per heavy atom. The number of amides is 3. The Bertz CT molecular complexity index is 693. The second-order valence-corrected chi connectivity index (χ2v) is 7.78. The number of hydrogen-bond donors (Lipinski definition) is 3. The molecule has 0 radical (unpaired) electrons. The molecular formula is C16H21N5O2S2. The maximum atomic E-state index is 12.1. The summed E-state index contributed by atoms with van der Waals surface area (Å²) in [7, 11) is 0. The topological polar surface area (TPSA) is 96.0 Å². The van der Waals surface area contributed by atoms with Gasteiger partial charge in [0.1, 0.15) is 0 Å². The van der Waals surface area contributed by atoms with Gasteiger partial charge >= 0.3 is 6.03 Å². The number of benzene rings is 1. The quantitative estimate of drug-likeness (QED) is 0.611. The molecule has 9 heteroatoms. The molecule has 0 aliphatic rings. The lowest BCUT2D eigenvalue weighted by Crippen LogP contribution is -2.42. The van der Waals surface area contributed by atoms with Crippen LogP contribution in [-0.4, -0.2) is 33.9 Å². The molecule has 1 unspecified atom stereocenters. The van der Waals surface area contributed by atoms with E-state index in [2.05, 4.69) is 33.1 Å². The van der Waals surface area contributed by atoms with Crippen LogP contribution >= 0.6 is 23.1 Å². The van der Waals surface area contributed by atoms with E-state index in [1.165, 1.54) is 23.1 Å². The first-order valence-corrected chi connectivity index (χ1v) is 9.64. The Balaban J connectivity index is 1.75. The largest absolute Gasteiger partial charge is 0.360 e. The fraction of sp³-hybridized carbons (Fsp3) is 0.375. The van der Waals surface area contributed by atoms with E-state index in [-0.39, 0.29) is 5.91 Å². The molecule has 1 aromatic heterocycles. The van der Waals surface area contributed by atoms with Crippen LogP contribution in [-0.2, 0) is 11.3 Å². The molecule has 1 heterocycles. The van der Waals surface area contributed by atoms with E-state index in [9.17, 15) is 9.59 Å². The first kappa shape index (κ1) is 19.2. The van der Waals surface area contributed by atoms with Crippen molar-refractivity contribution in [2.75, 3.05) is 11.9 Å². The molecule has 1 aromatic carbocycles. The highest BCUT2D eigenvalue weighted by Gasteiger charge is 2.19. The second kappa shape index (κ2) is 10.00. The van der Waals surface area contributed by atoms with Crippen LogP contribution in [0.1, 0.15) is 25.8 Å². The van der Waals surface area contributed by atoms with E-state index in [0.717, 1.165) is 23.7 Å². The zero-order valence-corrected chi connectivity index (χ0v) is 15.7. The van der Waals surface area contributed by atoms with Gasteiger partial charge in [-0.15, -0.1) is 10.2 Å². The van der Waals surface area contributed by atoms with Crippen molar-refractivity contribution in [3.63, 3.8) is 0 Å². The molecule has 0 bridgehead atoms. The standard InChI is InChI=1S/C16H21N5O2S2/c1-3-9-17-15-20-21-16(25-15)24-11(2)13(22)19-14(23)18-10-12-7-5-4-6-8-12/h4-8,11H,3,9-10H2,1-2H3,(H,17,20)(H2,18,19,22,23). The van der Waals surface area contributed by atoms with E-state index >= 15 is 0 Å². The van der Waals surface area contributed by atoms with Gasteiger partial charge in [0.15, 0.2) is 4.34 Å². The minimum absolute atomic E-state index is 0.365. The van der Waals surface area contributed by atoms with Crippen molar-refractivity contribution >= 4 is 40.2 Å². The predicted molar refractivity (Wildman–Crippen MR) is 101 cm³/mol. The third-order valence-electron chi connectivity index (χ3n) is 3.11. The summed E-state index contributed by atoms with van der Waals surface area (Å²) in [5, 5.41) is 16.5. The smallest absolute Gasteiger partial charge is 0.321 e. The Labute approximate surface area is 155 Å². The number of nitrogens with one attached hydrogen (secondary N) is 3. The molecule has 3 amide bonds. The zero-order chi connectivity index (χ0) is 18.1. The van der Waals surface area contributed by atoms with E-state index in [0.29, 0.717) is 10.9 Å². The molecule has 0 spiro atoms. The summed E-state index contributed by atoms with van der Waals surface area (Å²) in [6, 6.07) is 8.99. The summed E-state index contributed by atoms with van der Waals surface area (Å²) in [6.45, 7) is 4.99. The molecule has 7 nitrogen and oxygen atoms in total. The summed E-state index contributed by atoms with van der Waals surface area (Å²) >= 11 is 2.67. The molecule has 0 aliphatic heterocycles. The third-order valence-corrected chi connectivity index (χ3v) is 5.18. The van der Waals surface area contributed by atoms with Crippen LogP contribution in [0.15, 0.2) is 34.7 Å². The molecule has 1 atom stereocenters. The van der Waals surface area contributed by atoms with Crippen molar-refractivity contribution in [2.45, 2.75) is 36.4 Å². The number of thioether (sulfide) groups is 1. The van der Waals surface area contributed by atoms with Crippen LogP contribution in [0.4, 0.5) is 9.93 Å². The molecule has 2 rings (SSSR count). The molecule has 0 saturated heterocycles. The molecule has 25 heavy (non-hydrogen) atoms. The number of rotatable bonds is 8. The molecule has 0 saturated carbocycles. The number of carbonyl (C=O) groups is 2. The number of anilines is 1. The van der Waals surface area contributed by atoms with Crippen molar-refractivity contribution in [2.24, 2.45) is 0 Å². The SMILES string of the molecule is CCCNc1nnc(SC(C)C(=O)NC(=O)NCc2ccccc2)s1. The second-order valence-electron chi connectivity index (χ2n) is 5.22. The number of nitrogens with zero attached hydrogens (tertiary/aromatic N) is 2. The minimum atomic E-state index is -0.510. The fourth-order valence-corrected chi connectivity index (χ4v) is 3.72. The van der Waals surface area contributed by atoms with Crippen molar-refractivity contribution in [3.8, 4) is 0 Å². The van der Waals surface area contributed by atoms with E-state index in [1.54, 1.807) is 6.92 Å². The minimum Gasteiger partial charge on any atom is -0.360 e. The van der Waals surface area contributed by atoms with Gasteiger partial charge in [-0.1, -0.05) is 60.4 Å². The molecule has 2 aromatic rings. The summed E-state index contributed by atoms with van der Waals surface area (Å²) in [5.74, 6) is -0.367. The van der Waals surface area contributed by atoms with Crippen LogP contribution in [0, 0.1) is 0 Å². The van der Waals surface area contributed by atoms with Crippen LogP contribution in [0.2, 0.25) is 0 Å². The number of hydrogen-bond acceptors (Lipinski definition) is 7. The van der Waals surface area contributed by atoms with E-state index < -0.39 is 11.3 Å². The molecule has 0 fully saturated rings. The van der Waals surface area contributed by atoms with Gasteiger partial charge in [0.05, 0.1) is 5.25 Å². The Morgan fingerprint density at radius 2 is 2.00 bits per heavy atom. The highest BCUT2D eigenvalue weighted by atomic mass is 32.2. The van der Waals surface area contributed by atoms with Gasteiger partial charge < -0.3 is 10.6 Å². The average molecular weight is 380 g/mol. The number of urea groups is 1. The lowest BCUT2D eigenvalue weighted by atomic mass is 10.2. The lowest BCUT2D eigenvalue weighted by molar-refractivity contribution is -0.119. The Morgan fingerprint density at radius 1 is 1.24 bits per heavy atom. The van der Waals surface area contributed by atoms with Gasteiger partial charge in [-0.25, -0.2) is 4.79 Å². The van der Waals surface area contributed by atoms with E-state index in [4.69, 9.17) is 0 Å². The zero-order valence-electron chi connectivity index (χ0n) is 14.1. The molecular weight excluding hydrogens is 358 g/mol. The average Bonchev–Trinajstić information content (AvgIpc) is 3.06. The Hall–Kier alpha value is -2.13. The van der Waals surface area contributed by atoms with Gasteiger partial charge in [-0.3, -0.25) is 10.1 Å². The van der Waals surface area contributed by atoms with E-state index in [1.807, 2.05) is 30.3 Å². The number of carbonyl (C=O) groups excluding carboxylic acids is 2. The summed E-state index contributed by atoms with van der Waals surface area (Å²) in [6.07, 6.45) is 0.999. The first-order valence-electron chi connectivity index (χ1n) is 7.95. The van der Waals surface area contributed by atoms with Crippen LogP contribution in [0.25, 0.3) is 0 Å². The lowest BCUT2D eigenvalue weighted by Gasteiger charge is -2.10.